The molecule has 1 heterocycles. The van der Waals surface area contributed by atoms with Gasteiger partial charge >= 0.3 is 5.97 Å². The molecule has 0 fully saturated rings. The molecular weight excluding hydrogens is 206 g/mol. The lowest BCUT2D eigenvalue weighted by Gasteiger charge is -1.96. The fourth-order valence-electron chi connectivity index (χ4n) is 1.42. The molecule has 1 aromatic carbocycles. The molecule has 0 unspecified atom stereocenters. The molecule has 0 saturated carbocycles. The molecule has 0 aliphatic rings. The average Bonchev–Trinajstić information content (AvgIpc) is 2.74. The molecule has 0 aliphatic heterocycles. The Bertz CT molecular complexity index is 505. The van der Waals surface area contributed by atoms with Gasteiger partial charge in [-0.15, -0.1) is 5.10 Å². The van der Waals surface area contributed by atoms with Crippen molar-refractivity contribution in [1.82, 2.24) is 15.0 Å². The molecule has 0 radical (unpaired) electrons. The fraction of sp³-hybridized carbons (Fsp3) is 0.182. The van der Waals surface area contributed by atoms with Crippen molar-refractivity contribution >= 4 is 5.97 Å². The molecule has 0 bridgehead atoms. The van der Waals surface area contributed by atoms with E-state index in [1.165, 1.54) is 4.80 Å². The zero-order chi connectivity index (χ0) is 11.5. The van der Waals surface area contributed by atoms with Crippen molar-refractivity contribution in [1.29, 1.82) is 0 Å². The van der Waals surface area contributed by atoms with E-state index in [1.54, 1.807) is 0 Å². The van der Waals surface area contributed by atoms with Crippen LogP contribution in [0, 0.1) is 0 Å². The van der Waals surface area contributed by atoms with Crippen LogP contribution in [0.4, 0.5) is 0 Å². The largest absolute Gasteiger partial charge is 0.476 e. The maximum absolute atomic E-state index is 10.9. The lowest BCUT2D eigenvalue weighted by atomic mass is 10.3. The summed E-state index contributed by atoms with van der Waals surface area (Å²) >= 11 is 0. The topological polar surface area (TPSA) is 68.0 Å². The third kappa shape index (κ3) is 1.79. The van der Waals surface area contributed by atoms with Crippen molar-refractivity contribution < 1.29 is 9.90 Å². The minimum absolute atomic E-state index is 0.0198. The number of carboxylic acid groups (broad SMARTS) is 1. The number of carbonyl (C=O) groups is 1. The van der Waals surface area contributed by atoms with E-state index in [2.05, 4.69) is 10.2 Å². The Morgan fingerprint density at radius 2 is 2.00 bits per heavy atom. The number of aromatic carboxylic acids is 1. The molecule has 5 nitrogen and oxygen atoms in total. The molecule has 1 N–H and O–H groups in total. The van der Waals surface area contributed by atoms with E-state index >= 15 is 0 Å². The smallest absolute Gasteiger partial charge is 0.358 e. The van der Waals surface area contributed by atoms with Crippen molar-refractivity contribution in [2.75, 3.05) is 0 Å². The van der Waals surface area contributed by atoms with Crippen LogP contribution in [0.5, 0.6) is 0 Å². The number of hydrogen-bond donors (Lipinski definition) is 1. The summed E-state index contributed by atoms with van der Waals surface area (Å²) in [7, 11) is 0. The third-order valence-corrected chi connectivity index (χ3v) is 2.21. The maximum Gasteiger partial charge on any atom is 0.358 e. The van der Waals surface area contributed by atoms with E-state index in [-0.39, 0.29) is 5.69 Å². The van der Waals surface area contributed by atoms with Gasteiger partial charge in [-0.1, -0.05) is 25.1 Å². The van der Waals surface area contributed by atoms with Crippen LogP contribution in [-0.2, 0) is 6.42 Å². The first-order chi connectivity index (χ1) is 7.72. The highest BCUT2D eigenvalue weighted by molar-refractivity contribution is 5.86. The fourth-order valence-corrected chi connectivity index (χ4v) is 1.42. The van der Waals surface area contributed by atoms with E-state index in [0.717, 1.165) is 5.69 Å². The zero-order valence-corrected chi connectivity index (χ0v) is 8.79. The predicted octanol–water partition coefficient (Wildman–Crippen LogP) is 1.53. The quantitative estimate of drug-likeness (QED) is 0.846. The number of benzene rings is 1. The highest BCUT2D eigenvalue weighted by atomic mass is 16.4. The summed E-state index contributed by atoms with van der Waals surface area (Å²) in [5.74, 6) is -1.04. The summed E-state index contributed by atoms with van der Waals surface area (Å²) in [6.07, 6.45) is 0.550. The number of carboxylic acids is 1. The van der Waals surface area contributed by atoms with Crippen molar-refractivity contribution in [2.24, 2.45) is 0 Å². The minimum atomic E-state index is -1.04. The summed E-state index contributed by atoms with van der Waals surface area (Å²) < 4.78 is 0. The van der Waals surface area contributed by atoms with Gasteiger partial charge in [0, 0.05) is 0 Å². The van der Waals surface area contributed by atoms with Crippen LogP contribution in [0.3, 0.4) is 0 Å². The Kier molecular flexibility index (Phi) is 2.68. The van der Waals surface area contributed by atoms with Crippen LogP contribution in [0.1, 0.15) is 23.1 Å². The monoisotopic (exact) mass is 217 g/mol. The van der Waals surface area contributed by atoms with Gasteiger partial charge in [0.15, 0.2) is 5.69 Å². The van der Waals surface area contributed by atoms with Crippen molar-refractivity contribution in [3.8, 4) is 5.69 Å². The minimum Gasteiger partial charge on any atom is -0.476 e. The van der Waals surface area contributed by atoms with E-state index < -0.39 is 5.97 Å². The summed E-state index contributed by atoms with van der Waals surface area (Å²) in [5, 5.41) is 17.0. The van der Waals surface area contributed by atoms with Crippen LogP contribution in [0.15, 0.2) is 30.3 Å². The van der Waals surface area contributed by atoms with E-state index in [9.17, 15) is 4.79 Å². The number of para-hydroxylation sites is 1. The Labute approximate surface area is 92.3 Å². The Balaban J connectivity index is 2.48. The molecule has 2 aromatic rings. The predicted molar refractivity (Wildman–Crippen MR) is 57.7 cm³/mol. The molecule has 16 heavy (non-hydrogen) atoms. The molecule has 82 valence electrons. The highest BCUT2D eigenvalue weighted by Gasteiger charge is 2.16. The molecule has 0 saturated heterocycles. The first-order valence-corrected chi connectivity index (χ1v) is 4.97. The molecule has 2 rings (SSSR count). The van der Waals surface area contributed by atoms with Gasteiger partial charge in [-0.3, -0.25) is 0 Å². The van der Waals surface area contributed by atoms with Crippen LogP contribution < -0.4 is 0 Å². The highest BCUT2D eigenvalue weighted by Crippen LogP contribution is 2.09. The second kappa shape index (κ2) is 4.14. The van der Waals surface area contributed by atoms with Gasteiger partial charge in [-0.05, 0) is 18.6 Å². The number of aromatic nitrogens is 3. The molecule has 5 heteroatoms. The van der Waals surface area contributed by atoms with Crippen LogP contribution in [-0.4, -0.2) is 26.1 Å². The average molecular weight is 217 g/mol. The second-order valence-electron chi connectivity index (χ2n) is 3.28. The van der Waals surface area contributed by atoms with Crippen molar-refractivity contribution in [3.63, 3.8) is 0 Å². The molecule has 0 spiro atoms. The van der Waals surface area contributed by atoms with Crippen molar-refractivity contribution in [2.45, 2.75) is 13.3 Å². The van der Waals surface area contributed by atoms with E-state index in [1.807, 2.05) is 37.3 Å². The van der Waals surface area contributed by atoms with Gasteiger partial charge in [0.2, 0.25) is 0 Å². The van der Waals surface area contributed by atoms with Gasteiger partial charge < -0.3 is 5.11 Å². The van der Waals surface area contributed by atoms with Gasteiger partial charge in [0.1, 0.15) is 0 Å². The van der Waals surface area contributed by atoms with E-state index in [0.29, 0.717) is 12.1 Å². The van der Waals surface area contributed by atoms with Gasteiger partial charge in [-0.2, -0.15) is 9.90 Å². The number of aryl methyl sites for hydroxylation is 1. The van der Waals surface area contributed by atoms with Crippen LogP contribution >= 0.6 is 0 Å². The van der Waals surface area contributed by atoms with Gasteiger partial charge in [0.05, 0.1) is 11.4 Å². The molecule has 0 atom stereocenters. The Morgan fingerprint density at radius 3 is 2.50 bits per heavy atom. The molecule has 0 aliphatic carbocycles. The first-order valence-electron chi connectivity index (χ1n) is 4.97. The van der Waals surface area contributed by atoms with Crippen molar-refractivity contribution in [3.05, 3.63) is 41.7 Å². The Hall–Kier alpha value is -2.17. The van der Waals surface area contributed by atoms with E-state index in [4.69, 9.17) is 5.11 Å². The third-order valence-electron chi connectivity index (χ3n) is 2.21. The van der Waals surface area contributed by atoms with Gasteiger partial charge in [-0.25, -0.2) is 4.79 Å². The normalized spacial score (nSPS) is 10.3. The van der Waals surface area contributed by atoms with Crippen LogP contribution in [0.2, 0.25) is 0 Å². The SMILES string of the molecule is CCc1nn(-c2ccccc2)nc1C(=O)O. The molecule has 0 amide bonds. The summed E-state index contributed by atoms with van der Waals surface area (Å²) in [4.78, 5) is 12.3. The summed E-state index contributed by atoms with van der Waals surface area (Å²) in [5.41, 5.74) is 1.27. The Morgan fingerprint density at radius 1 is 1.31 bits per heavy atom. The lowest BCUT2D eigenvalue weighted by Crippen LogP contribution is -2.02. The zero-order valence-electron chi connectivity index (χ0n) is 8.79. The second-order valence-corrected chi connectivity index (χ2v) is 3.28. The number of rotatable bonds is 3. The number of hydrogen-bond acceptors (Lipinski definition) is 3. The molecular formula is C11H11N3O2. The lowest BCUT2D eigenvalue weighted by molar-refractivity contribution is 0.0689. The molecule has 1 aromatic heterocycles. The summed E-state index contributed by atoms with van der Waals surface area (Å²) in [6.45, 7) is 1.85. The summed E-state index contributed by atoms with van der Waals surface area (Å²) in [6, 6.07) is 9.23. The first kappa shape index (κ1) is 10.4. The standard InChI is InChI=1S/C11H11N3O2/c1-2-9-10(11(15)16)13-14(12-9)8-6-4-3-5-7-8/h3-7H,2H2,1H3,(H,15,16). The maximum atomic E-state index is 10.9. The number of nitrogens with zero attached hydrogens (tertiary/aromatic N) is 3. The van der Waals surface area contributed by atoms with Crippen LogP contribution in [0.25, 0.3) is 5.69 Å². The van der Waals surface area contributed by atoms with Gasteiger partial charge in [0.25, 0.3) is 0 Å².